The molecule has 3 aliphatic rings. The number of nitrogens with zero attached hydrogens (tertiary/aromatic N) is 2. The topological polar surface area (TPSA) is 82.2 Å². The molecule has 0 radical (unpaired) electrons. The maximum atomic E-state index is 12.6. The minimum Gasteiger partial charge on any atom is -0.494 e. The molecule has 1 atom stereocenters. The zero-order valence-electron chi connectivity index (χ0n) is 20.5. The van der Waals surface area contributed by atoms with Crippen molar-refractivity contribution in [2.24, 2.45) is 0 Å². The number of likely N-dealkylation sites (tertiary alicyclic amines) is 1. The minimum atomic E-state index is -0.349. The molecule has 0 aliphatic carbocycles. The fourth-order valence-corrected chi connectivity index (χ4v) is 5.53. The first-order chi connectivity index (χ1) is 17.6. The maximum absolute atomic E-state index is 12.6. The Kier molecular flexibility index (Phi) is 6.15. The van der Waals surface area contributed by atoms with Crippen molar-refractivity contribution < 1.29 is 23.8 Å². The van der Waals surface area contributed by atoms with Crippen molar-refractivity contribution in [1.82, 2.24) is 15.4 Å². The molecule has 0 bridgehead atoms. The molecule has 4 heterocycles. The predicted octanol–water partition coefficient (Wildman–Crippen LogP) is 4.85. The molecule has 0 saturated carbocycles. The first kappa shape index (κ1) is 23.1. The molecule has 6 rings (SSSR count). The highest BCUT2D eigenvalue weighted by Gasteiger charge is 2.43. The van der Waals surface area contributed by atoms with E-state index in [1.807, 2.05) is 12.1 Å². The van der Waals surface area contributed by atoms with Gasteiger partial charge in [-0.15, -0.1) is 0 Å². The van der Waals surface area contributed by atoms with Gasteiger partial charge in [-0.1, -0.05) is 18.2 Å². The lowest BCUT2D eigenvalue weighted by atomic mass is 9.86. The lowest BCUT2D eigenvalue weighted by Crippen LogP contribution is -2.52. The molecule has 2 saturated heterocycles. The molecule has 2 amide bonds. The molecule has 8 nitrogen and oxygen atoms in total. The predicted molar refractivity (Wildman–Crippen MR) is 135 cm³/mol. The SMILES string of the molecule is COc1c(-c2ccc3c(c2)CC2(CCN(C(=O)NOC4CCCCO4)CC2)O3)ccc2cccnc12. The molecule has 1 aromatic heterocycles. The molecule has 1 spiro atoms. The maximum Gasteiger partial charge on any atom is 0.341 e. The molecular weight excluding hydrogens is 458 g/mol. The van der Waals surface area contributed by atoms with Crippen LogP contribution in [-0.2, 0) is 16.0 Å². The number of piperidine rings is 1. The molecule has 1 N–H and O–H groups in total. The highest BCUT2D eigenvalue weighted by Crippen LogP contribution is 2.44. The van der Waals surface area contributed by atoms with E-state index in [1.54, 1.807) is 18.2 Å². The van der Waals surface area contributed by atoms with Gasteiger partial charge in [0.2, 0.25) is 0 Å². The lowest BCUT2D eigenvalue weighted by Gasteiger charge is -2.38. The Bertz CT molecular complexity index is 1270. The smallest absolute Gasteiger partial charge is 0.341 e. The average Bonchev–Trinajstić information content (AvgIpc) is 3.28. The van der Waals surface area contributed by atoms with E-state index < -0.39 is 0 Å². The van der Waals surface area contributed by atoms with E-state index in [2.05, 4.69) is 40.8 Å². The largest absolute Gasteiger partial charge is 0.494 e. The van der Waals surface area contributed by atoms with Crippen LogP contribution >= 0.6 is 0 Å². The van der Waals surface area contributed by atoms with Gasteiger partial charge >= 0.3 is 6.03 Å². The molecule has 8 heteroatoms. The van der Waals surface area contributed by atoms with Gasteiger partial charge in [0.15, 0.2) is 12.0 Å². The van der Waals surface area contributed by atoms with Gasteiger partial charge in [0, 0.05) is 62.5 Å². The first-order valence-electron chi connectivity index (χ1n) is 12.7. The minimum absolute atomic E-state index is 0.214. The monoisotopic (exact) mass is 489 g/mol. The summed E-state index contributed by atoms with van der Waals surface area (Å²) in [5, 5.41) is 1.05. The molecule has 36 heavy (non-hydrogen) atoms. The number of fused-ring (bicyclic) bond motifs is 2. The highest BCUT2D eigenvalue weighted by molar-refractivity contribution is 5.92. The number of carbonyl (C=O) groups is 1. The summed E-state index contributed by atoms with van der Waals surface area (Å²) in [5.41, 5.74) is 6.43. The van der Waals surface area contributed by atoms with Crippen molar-refractivity contribution in [2.45, 2.75) is 50.4 Å². The van der Waals surface area contributed by atoms with Gasteiger partial charge in [0.1, 0.15) is 16.9 Å². The number of amides is 2. The van der Waals surface area contributed by atoms with E-state index in [-0.39, 0.29) is 17.9 Å². The van der Waals surface area contributed by atoms with Crippen molar-refractivity contribution in [3.8, 4) is 22.6 Å². The number of rotatable bonds is 4. The van der Waals surface area contributed by atoms with Gasteiger partial charge in [-0.3, -0.25) is 4.98 Å². The number of nitrogens with one attached hydrogen (secondary N) is 1. The second-order valence-corrected chi connectivity index (χ2v) is 9.81. The third-order valence-corrected chi connectivity index (χ3v) is 7.52. The fourth-order valence-electron chi connectivity index (χ4n) is 5.53. The van der Waals surface area contributed by atoms with Crippen molar-refractivity contribution in [2.75, 3.05) is 26.8 Å². The fraction of sp³-hybridized carbons (Fsp3) is 0.429. The van der Waals surface area contributed by atoms with E-state index in [1.165, 1.54) is 5.56 Å². The number of urea groups is 1. The van der Waals surface area contributed by atoms with E-state index in [4.69, 9.17) is 19.0 Å². The van der Waals surface area contributed by atoms with Crippen molar-refractivity contribution in [3.05, 3.63) is 54.2 Å². The molecule has 188 valence electrons. The number of hydrogen-bond donors (Lipinski definition) is 1. The van der Waals surface area contributed by atoms with Gasteiger partial charge in [-0.05, 0) is 48.2 Å². The summed E-state index contributed by atoms with van der Waals surface area (Å²) in [5.74, 6) is 1.70. The van der Waals surface area contributed by atoms with Crippen LogP contribution in [0, 0.1) is 0 Å². The number of pyridine rings is 1. The van der Waals surface area contributed by atoms with Crippen LogP contribution in [0.25, 0.3) is 22.0 Å². The van der Waals surface area contributed by atoms with E-state index in [0.29, 0.717) is 19.7 Å². The van der Waals surface area contributed by atoms with Crippen molar-refractivity contribution in [3.63, 3.8) is 0 Å². The van der Waals surface area contributed by atoms with Gasteiger partial charge in [0.05, 0.1) is 7.11 Å². The summed E-state index contributed by atoms with van der Waals surface area (Å²) in [6.07, 6.45) is 6.71. The summed E-state index contributed by atoms with van der Waals surface area (Å²) in [6.45, 7) is 1.91. The Hall–Kier alpha value is -3.36. The lowest BCUT2D eigenvalue weighted by molar-refractivity contribution is -0.188. The molecular formula is C28H31N3O5. The van der Waals surface area contributed by atoms with Crippen molar-refractivity contribution >= 4 is 16.9 Å². The summed E-state index contributed by atoms with van der Waals surface area (Å²) < 4.78 is 17.8. The zero-order chi connectivity index (χ0) is 24.5. The number of aromatic nitrogens is 1. The van der Waals surface area contributed by atoms with Crippen LogP contribution in [0.15, 0.2) is 48.7 Å². The number of methoxy groups -OCH3 is 1. The quantitative estimate of drug-likeness (QED) is 0.528. The van der Waals surface area contributed by atoms with Crippen LogP contribution in [0.3, 0.4) is 0 Å². The van der Waals surface area contributed by atoms with E-state index in [0.717, 1.165) is 72.1 Å². The number of carbonyl (C=O) groups excluding carboxylic acids is 1. The highest BCUT2D eigenvalue weighted by atomic mass is 16.8. The number of hydroxylamine groups is 1. The van der Waals surface area contributed by atoms with Crippen molar-refractivity contribution in [1.29, 1.82) is 0 Å². The molecule has 2 aromatic carbocycles. The number of ether oxygens (including phenoxy) is 3. The van der Waals surface area contributed by atoms with E-state index in [9.17, 15) is 4.79 Å². The molecule has 1 unspecified atom stereocenters. The molecule has 3 aromatic rings. The Morgan fingerprint density at radius 1 is 1.17 bits per heavy atom. The van der Waals surface area contributed by atoms with Gasteiger partial charge < -0.3 is 19.1 Å². The normalized spacial score (nSPS) is 20.7. The number of hydrogen-bond acceptors (Lipinski definition) is 6. The Morgan fingerprint density at radius 2 is 2.06 bits per heavy atom. The second-order valence-electron chi connectivity index (χ2n) is 9.81. The second kappa shape index (κ2) is 9.59. The number of benzene rings is 2. The van der Waals surface area contributed by atoms with E-state index >= 15 is 0 Å². The Labute approximate surface area is 210 Å². The summed E-state index contributed by atoms with van der Waals surface area (Å²) in [4.78, 5) is 24.4. The average molecular weight is 490 g/mol. The molecule has 2 fully saturated rings. The van der Waals surface area contributed by atoms with Crippen LogP contribution in [0.5, 0.6) is 11.5 Å². The van der Waals surface area contributed by atoms with Crippen LogP contribution in [-0.4, -0.2) is 54.6 Å². The van der Waals surface area contributed by atoms with Crippen LogP contribution in [0.4, 0.5) is 4.79 Å². The van der Waals surface area contributed by atoms with Gasteiger partial charge in [-0.2, -0.15) is 0 Å². The standard InChI is InChI=1S/C28H31N3O5/c1-33-26-22(9-7-19-5-4-13-29-25(19)26)20-8-10-23-21(17-20)18-28(35-23)11-14-31(15-12-28)27(32)30-36-24-6-2-3-16-34-24/h4-5,7-10,13,17,24H,2-3,6,11-12,14-16,18H2,1H3,(H,30,32). The summed E-state index contributed by atoms with van der Waals surface area (Å²) in [6, 6.07) is 14.3. The first-order valence-corrected chi connectivity index (χ1v) is 12.7. The zero-order valence-corrected chi connectivity index (χ0v) is 20.5. The van der Waals surface area contributed by atoms with Gasteiger partial charge in [-0.25, -0.2) is 15.1 Å². The van der Waals surface area contributed by atoms with Crippen LogP contribution < -0.4 is 15.0 Å². The summed E-state index contributed by atoms with van der Waals surface area (Å²) in [7, 11) is 1.69. The Morgan fingerprint density at radius 3 is 2.86 bits per heavy atom. The van der Waals surface area contributed by atoms with Gasteiger partial charge in [0.25, 0.3) is 0 Å². The third kappa shape index (κ3) is 4.35. The summed E-state index contributed by atoms with van der Waals surface area (Å²) >= 11 is 0. The third-order valence-electron chi connectivity index (χ3n) is 7.52. The van der Waals surface area contributed by atoms with Crippen LogP contribution in [0.1, 0.15) is 37.7 Å². The van der Waals surface area contributed by atoms with Crippen LogP contribution in [0.2, 0.25) is 0 Å². The Balaban J connectivity index is 1.13. The molecule has 3 aliphatic heterocycles.